The van der Waals surface area contributed by atoms with Crippen molar-refractivity contribution in [2.45, 2.75) is 6.54 Å². The maximum atomic E-state index is 4.29. The molecule has 21 heavy (non-hydrogen) atoms. The second-order valence-electron chi connectivity index (χ2n) is 4.72. The standard InChI is InChI=1S/C15H12N6/c1-2-6-16-11(3-1)9-21-10-14(19-20-21)12-4-7-17-15-13(12)5-8-18-15/h1-8,10H,9H2,(H,17,18). The largest absolute Gasteiger partial charge is 0.346 e. The van der Waals surface area contributed by atoms with E-state index in [1.807, 2.05) is 42.7 Å². The molecule has 0 unspecified atom stereocenters. The molecule has 4 rings (SSSR count). The van der Waals surface area contributed by atoms with Crippen molar-refractivity contribution in [2.75, 3.05) is 0 Å². The molecule has 0 saturated carbocycles. The lowest BCUT2D eigenvalue weighted by Gasteiger charge is -1.99. The fourth-order valence-electron chi connectivity index (χ4n) is 2.34. The fraction of sp³-hybridized carbons (Fsp3) is 0.0667. The van der Waals surface area contributed by atoms with E-state index in [0.29, 0.717) is 6.54 Å². The first-order chi connectivity index (χ1) is 10.4. The highest BCUT2D eigenvalue weighted by Crippen LogP contribution is 2.24. The van der Waals surface area contributed by atoms with Gasteiger partial charge in [-0.2, -0.15) is 0 Å². The van der Waals surface area contributed by atoms with Crippen LogP contribution < -0.4 is 0 Å². The molecule has 0 fully saturated rings. The molecule has 0 aliphatic rings. The average molecular weight is 276 g/mol. The first kappa shape index (κ1) is 11.8. The first-order valence-electron chi connectivity index (χ1n) is 6.63. The zero-order valence-corrected chi connectivity index (χ0v) is 11.1. The predicted molar refractivity (Wildman–Crippen MR) is 78.4 cm³/mol. The molecule has 0 saturated heterocycles. The minimum atomic E-state index is 0.606. The van der Waals surface area contributed by atoms with Crippen molar-refractivity contribution in [3.63, 3.8) is 0 Å². The SMILES string of the molecule is c1ccc(Cn2cc(-c3ccnc4[nH]ccc34)nn2)nc1. The second kappa shape index (κ2) is 4.82. The van der Waals surface area contributed by atoms with Crippen molar-refractivity contribution < 1.29 is 0 Å². The first-order valence-corrected chi connectivity index (χ1v) is 6.63. The van der Waals surface area contributed by atoms with Gasteiger partial charge < -0.3 is 4.98 Å². The zero-order chi connectivity index (χ0) is 14.1. The van der Waals surface area contributed by atoms with Gasteiger partial charge in [-0.25, -0.2) is 9.67 Å². The number of H-pyrrole nitrogens is 1. The summed E-state index contributed by atoms with van der Waals surface area (Å²) in [5.41, 5.74) is 3.66. The van der Waals surface area contributed by atoms with Gasteiger partial charge in [-0.15, -0.1) is 5.10 Å². The summed E-state index contributed by atoms with van der Waals surface area (Å²) in [7, 11) is 0. The monoisotopic (exact) mass is 276 g/mol. The van der Waals surface area contributed by atoms with E-state index in [2.05, 4.69) is 25.3 Å². The van der Waals surface area contributed by atoms with Gasteiger partial charge in [-0.05, 0) is 24.3 Å². The smallest absolute Gasteiger partial charge is 0.137 e. The molecule has 6 nitrogen and oxygen atoms in total. The molecule has 0 spiro atoms. The van der Waals surface area contributed by atoms with E-state index in [1.165, 1.54) is 0 Å². The summed E-state index contributed by atoms with van der Waals surface area (Å²) in [6, 6.07) is 9.78. The van der Waals surface area contributed by atoms with Gasteiger partial charge in [0.2, 0.25) is 0 Å². The molecular formula is C15H12N6. The molecule has 4 aromatic rings. The van der Waals surface area contributed by atoms with Crippen LogP contribution in [0.2, 0.25) is 0 Å². The van der Waals surface area contributed by atoms with Gasteiger partial charge in [0.25, 0.3) is 0 Å². The van der Waals surface area contributed by atoms with Gasteiger partial charge in [0.15, 0.2) is 0 Å². The molecule has 0 bridgehead atoms. The van der Waals surface area contributed by atoms with Crippen molar-refractivity contribution in [3.8, 4) is 11.3 Å². The van der Waals surface area contributed by atoms with Crippen molar-refractivity contribution in [3.05, 3.63) is 60.8 Å². The van der Waals surface area contributed by atoms with Gasteiger partial charge >= 0.3 is 0 Å². The molecule has 0 radical (unpaired) electrons. The van der Waals surface area contributed by atoms with Crippen molar-refractivity contribution in [1.29, 1.82) is 0 Å². The van der Waals surface area contributed by atoms with Crippen molar-refractivity contribution >= 4 is 11.0 Å². The Morgan fingerprint density at radius 2 is 2.05 bits per heavy atom. The highest BCUT2D eigenvalue weighted by atomic mass is 15.4. The number of hydrogen-bond acceptors (Lipinski definition) is 4. The van der Waals surface area contributed by atoms with Crippen LogP contribution in [0.5, 0.6) is 0 Å². The van der Waals surface area contributed by atoms with E-state index in [-0.39, 0.29) is 0 Å². The molecule has 0 amide bonds. The molecule has 4 heterocycles. The average Bonchev–Trinajstić information content (AvgIpc) is 3.16. The third-order valence-electron chi connectivity index (χ3n) is 3.32. The molecule has 0 aliphatic carbocycles. The molecule has 1 N–H and O–H groups in total. The fourth-order valence-corrected chi connectivity index (χ4v) is 2.34. The summed E-state index contributed by atoms with van der Waals surface area (Å²) < 4.78 is 1.79. The van der Waals surface area contributed by atoms with Crippen LogP contribution in [0.1, 0.15) is 5.69 Å². The van der Waals surface area contributed by atoms with Crippen LogP contribution >= 0.6 is 0 Å². The number of hydrogen-bond donors (Lipinski definition) is 1. The minimum absolute atomic E-state index is 0.606. The number of aromatic amines is 1. The summed E-state index contributed by atoms with van der Waals surface area (Å²) in [6.07, 6.45) is 7.35. The highest BCUT2D eigenvalue weighted by Gasteiger charge is 2.09. The Hall–Kier alpha value is -3.02. The van der Waals surface area contributed by atoms with Gasteiger partial charge in [0.1, 0.15) is 11.3 Å². The van der Waals surface area contributed by atoms with Crippen LogP contribution in [0.4, 0.5) is 0 Å². The van der Waals surface area contributed by atoms with E-state index >= 15 is 0 Å². The Kier molecular flexibility index (Phi) is 2.71. The highest BCUT2D eigenvalue weighted by molar-refractivity contribution is 5.91. The Balaban J connectivity index is 1.70. The maximum Gasteiger partial charge on any atom is 0.137 e. The van der Waals surface area contributed by atoms with Gasteiger partial charge in [-0.1, -0.05) is 11.3 Å². The van der Waals surface area contributed by atoms with E-state index in [1.54, 1.807) is 17.1 Å². The number of nitrogens with one attached hydrogen (secondary N) is 1. The number of pyridine rings is 2. The summed E-state index contributed by atoms with van der Waals surface area (Å²) in [4.78, 5) is 11.7. The molecular weight excluding hydrogens is 264 g/mol. The van der Waals surface area contributed by atoms with Crippen molar-refractivity contribution in [1.82, 2.24) is 29.9 Å². The van der Waals surface area contributed by atoms with E-state index in [9.17, 15) is 0 Å². The number of aromatic nitrogens is 6. The number of rotatable bonds is 3. The molecule has 0 atom stereocenters. The topological polar surface area (TPSA) is 72.3 Å². The number of fused-ring (bicyclic) bond motifs is 1. The van der Waals surface area contributed by atoms with Crippen LogP contribution in [-0.4, -0.2) is 29.9 Å². The Morgan fingerprint density at radius 3 is 2.95 bits per heavy atom. The van der Waals surface area contributed by atoms with Crippen molar-refractivity contribution in [2.24, 2.45) is 0 Å². The summed E-state index contributed by atoms with van der Waals surface area (Å²) in [5.74, 6) is 0. The number of nitrogens with zero attached hydrogens (tertiary/aromatic N) is 5. The minimum Gasteiger partial charge on any atom is -0.346 e. The van der Waals surface area contributed by atoms with Crippen LogP contribution in [0.25, 0.3) is 22.3 Å². The molecule has 102 valence electrons. The lowest BCUT2D eigenvalue weighted by atomic mass is 10.1. The summed E-state index contributed by atoms with van der Waals surface area (Å²) >= 11 is 0. The lowest BCUT2D eigenvalue weighted by molar-refractivity contribution is 0.639. The van der Waals surface area contributed by atoms with Gasteiger partial charge in [0.05, 0.1) is 18.4 Å². The quantitative estimate of drug-likeness (QED) is 0.623. The van der Waals surface area contributed by atoms with Crippen LogP contribution in [0.3, 0.4) is 0 Å². The Bertz CT molecular complexity index is 877. The maximum absolute atomic E-state index is 4.29. The second-order valence-corrected chi connectivity index (χ2v) is 4.72. The zero-order valence-electron chi connectivity index (χ0n) is 11.1. The lowest BCUT2D eigenvalue weighted by Crippen LogP contribution is -2.01. The summed E-state index contributed by atoms with van der Waals surface area (Å²) in [6.45, 7) is 0.606. The predicted octanol–water partition coefficient (Wildman–Crippen LogP) is 2.26. The van der Waals surface area contributed by atoms with E-state index in [0.717, 1.165) is 28.0 Å². The van der Waals surface area contributed by atoms with Crippen LogP contribution in [0, 0.1) is 0 Å². The van der Waals surface area contributed by atoms with E-state index < -0.39 is 0 Å². The molecule has 4 aromatic heterocycles. The third-order valence-corrected chi connectivity index (χ3v) is 3.32. The van der Waals surface area contributed by atoms with E-state index in [4.69, 9.17) is 0 Å². The van der Waals surface area contributed by atoms with Gasteiger partial charge in [-0.3, -0.25) is 4.98 Å². The molecule has 0 aliphatic heterocycles. The normalized spacial score (nSPS) is 11.0. The summed E-state index contributed by atoms with van der Waals surface area (Å²) in [5, 5.41) is 9.47. The molecule has 6 heteroatoms. The van der Waals surface area contributed by atoms with Crippen LogP contribution in [0.15, 0.2) is 55.1 Å². The Labute approximate surface area is 120 Å². The molecule has 0 aromatic carbocycles. The van der Waals surface area contributed by atoms with Gasteiger partial charge in [0, 0.05) is 29.5 Å². The Morgan fingerprint density at radius 1 is 1.05 bits per heavy atom. The third kappa shape index (κ3) is 2.16. The van der Waals surface area contributed by atoms with Crippen LogP contribution in [-0.2, 0) is 6.54 Å².